The molecule has 0 spiro atoms. The van der Waals surface area contributed by atoms with Crippen molar-refractivity contribution in [3.8, 4) is 5.75 Å². The molecule has 0 bridgehead atoms. The number of methoxy groups -OCH3 is 1. The molecule has 2 aromatic rings. The Morgan fingerprint density at radius 2 is 1.64 bits per heavy atom. The molecule has 22 heavy (non-hydrogen) atoms. The Kier molecular flexibility index (Phi) is 5.83. The summed E-state index contributed by atoms with van der Waals surface area (Å²) in [5, 5.41) is 2.75. The van der Waals surface area contributed by atoms with Gasteiger partial charge in [-0.05, 0) is 36.6 Å². The third-order valence-corrected chi connectivity index (χ3v) is 3.33. The third-order valence-electron chi connectivity index (χ3n) is 3.33. The monoisotopic (exact) mass is 299 g/mol. The summed E-state index contributed by atoms with van der Waals surface area (Å²) >= 11 is 0. The zero-order valence-electron chi connectivity index (χ0n) is 13.0. The van der Waals surface area contributed by atoms with Crippen LogP contribution in [-0.2, 0) is 17.8 Å². The van der Waals surface area contributed by atoms with Crippen LogP contribution in [0, 0.1) is 6.92 Å². The van der Waals surface area contributed by atoms with Crippen LogP contribution in [0.1, 0.15) is 16.7 Å². The van der Waals surface area contributed by atoms with E-state index in [0.29, 0.717) is 6.54 Å². The van der Waals surface area contributed by atoms with Crippen LogP contribution in [0.3, 0.4) is 0 Å². The quantitative estimate of drug-likeness (QED) is 0.888. The van der Waals surface area contributed by atoms with E-state index in [0.717, 1.165) is 23.3 Å². The molecule has 0 radical (unpaired) electrons. The van der Waals surface area contributed by atoms with E-state index in [-0.39, 0.29) is 6.61 Å². The minimum absolute atomic E-state index is 0.286. The molecular formula is C18H21NO3. The van der Waals surface area contributed by atoms with Crippen LogP contribution in [0.4, 0.5) is 4.79 Å². The van der Waals surface area contributed by atoms with Crippen molar-refractivity contribution in [1.29, 1.82) is 0 Å². The Morgan fingerprint density at radius 3 is 2.27 bits per heavy atom. The van der Waals surface area contributed by atoms with Crippen LogP contribution in [0.25, 0.3) is 0 Å². The number of benzene rings is 2. The molecule has 0 saturated carbocycles. The van der Waals surface area contributed by atoms with Gasteiger partial charge in [-0.1, -0.05) is 42.0 Å². The molecule has 0 heterocycles. The van der Waals surface area contributed by atoms with Crippen LogP contribution in [-0.4, -0.2) is 19.7 Å². The molecule has 0 aliphatic carbocycles. The molecule has 2 aromatic carbocycles. The fourth-order valence-corrected chi connectivity index (χ4v) is 1.99. The van der Waals surface area contributed by atoms with Gasteiger partial charge in [-0.3, -0.25) is 0 Å². The lowest BCUT2D eigenvalue weighted by Crippen LogP contribution is -2.26. The molecule has 4 heteroatoms. The molecule has 1 amide bonds. The van der Waals surface area contributed by atoms with Crippen molar-refractivity contribution in [2.24, 2.45) is 0 Å². The zero-order valence-corrected chi connectivity index (χ0v) is 13.0. The van der Waals surface area contributed by atoms with E-state index in [1.807, 2.05) is 55.5 Å². The van der Waals surface area contributed by atoms with Crippen LogP contribution in [0.5, 0.6) is 5.75 Å². The summed E-state index contributed by atoms with van der Waals surface area (Å²) in [5.41, 5.74) is 3.31. The normalized spacial score (nSPS) is 10.1. The van der Waals surface area contributed by atoms with Gasteiger partial charge < -0.3 is 14.8 Å². The molecule has 1 N–H and O–H groups in total. The van der Waals surface area contributed by atoms with E-state index in [2.05, 4.69) is 5.32 Å². The maximum atomic E-state index is 11.6. The average Bonchev–Trinajstić information content (AvgIpc) is 2.55. The second-order valence-corrected chi connectivity index (χ2v) is 5.09. The molecule has 0 saturated heterocycles. The van der Waals surface area contributed by atoms with Gasteiger partial charge in [0.05, 0.1) is 7.11 Å². The summed E-state index contributed by atoms with van der Waals surface area (Å²) in [6, 6.07) is 15.7. The number of carbonyl (C=O) groups excluding carboxylic acids is 1. The van der Waals surface area contributed by atoms with Gasteiger partial charge in [0.2, 0.25) is 0 Å². The van der Waals surface area contributed by atoms with Crippen molar-refractivity contribution in [3.05, 3.63) is 65.2 Å². The van der Waals surface area contributed by atoms with Crippen molar-refractivity contribution < 1.29 is 14.3 Å². The van der Waals surface area contributed by atoms with Gasteiger partial charge >= 0.3 is 6.09 Å². The number of ether oxygens (including phenoxy) is 2. The second kappa shape index (κ2) is 8.08. The van der Waals surface area contributed by atoms with E-state index < -0.39 is 6.09 Å². The first kappa shape index (κ1) is 15.9. The lowest BCUT2D eigenvalue weighted by Gasteiger charge is -2.08. The number of nitrogens with one attached hydrogen (secondary N) is 1. The highest BCUT2D eigenvalue weighted by molar-refractivity contribution is 5.67. The zero-order chi connectivity index (χ0) is 15.8. The first-order valence-corrected chi connectivity index (χ1v) is 7.26. The number of amides is 1. The van der Waals surface area contributed by atoms with E-state index in [1.165, 1.54) is 5.56 Å². The Balaban J connectivity index is 1.67. The molecule has 4 nitrogen and oxygen atoms in total. The number of hydrogen-bond donors (Lipinski definition) is 1. The Labute approximate surface area is 131 Å². The molecule has 0 fully saturated rings. The SMILES string of the molecule is COc1ccc(CCNC(=O)OCc2ccc(C)cc2)cc1. The van der Waals surface area contributed by atoms with E-state index in [9.17, 15) is 4.79 Å². The fourth-order valence-electron chi connectivity index (χ4n) is 1.99. The largest absolute Gasteiger partial charge is 0.497 e. The van der Waals surface area contributed by atoms with Crippen molar-refractivity contribution >= 4 is 6.09 Å². The summed E-state index contributed by atoms with van der Waals surface area (Å²) < 4.78 is 10.3. The van der Waals surface area contributed by atoms with Crippen molar-refractivity contribution in [3.63, 3.8) is 0 Å². The van der Waals surface area contributed by atoms with E-state index in [1.54, 1.807) is 7.11 Å². The van der Waals surface area contributed by atoms with Gasteiger partial charge in [0.1, 0.15) is 12.4 Å². The summed E-state index contributed by atoms with van der Waals surface area (Å²) in [5.74, 6) is 0.828. The van der Waals surface area contributed by atoms with Gasteiger partial charge in [0.25, 0.3) is 0 Å². The predicted octanol–water partition coefficient (Wildman–Crippen LogP) is 3.47. The predicted molar refractivity (Wildman–Crippen MR) is 86.1 cm³/mol. The molecule has 0 aromatic heterocycles. The second-order valence-electron chi connectivity index (χ2n) is 5.09. The molecule has 0 unspecified atom stereocenters. The highest BCUT2D eigenvalue weighted by Gasteiger charge is 2.02. The average molecular weight is 299 g/mol. The Hall–Kier alpha value is -2.49. The molecule has 0 atom stereocenters. The summed E-state index contributed by atoms with van der Waals surface area (Å²) in [4.78, 5) is 11.6. The maximum Gasteiger partial charge on any atom is 0.407 e. The highest BCUT2D eigenvalue weighted by Crippen LogP contribution is 2.11. The smallest absolute Gasteiger partial charge is 0.407 e. The lowest BCUT2D eigenvalue weighted by atomic mass is 10.1. The summed E-state index contributed by atoms with van der Waals surface area (Å²) in [6.45, 7) is 2.85. The van der Waals surface area contributed by atoms with Gasteiger partial charge in [0.15, 0.2) is 0 Å². The Bertz CT molecular complexity index is 591. The molecule has 2 rings (SSSR count). The van der Waals surface area contributed by atoms with Crippen LogP contribution < -0.4 is 10.1 Å². The highest BCUT2D eigenvalue weighted by atomic mass is 16.5. The molecule has 0 aliphatic heterocycles. The number of carbonyl (C=O) groups is 1. The number of aryl methyl sites for hydroxylation is 1. The van der Waals surface area contributed by atoms with Gasteiger partial charge in [-0.25, -0.2) is 4.79 Å². The number of rotatable bonds is 6. The third kappa shape index (κ3) is 5.13. The summed E-state index contributed by atoms with van der Waals surface area (Å²) in [7, 11) is 1.64. The molecule has 0 aliphatic rings. The minimum Gasteiger partial charge on any atom is -0.497 e. The first-order chi connectivity index (χ1) is 10.7. The van der Waals surface area contributed by atoms with E-state index in [4.69, 9.17) is 9.47 Å². The van der Waals surface area contributed by atoms with Crippen molar-refractivity contribution in [2.75, 3.05) is 13.7 Å². The van der Waals surface area contributed by atoms with Gasteiger partial charge in [-0.15, -0.1) is 0 Å². The topological polar surface area (TPSA) is 47.6 Å². The van der Waals surface area contributed by atoms with Crippen LogP contribution >= 0.6 is 0 Å². The number of hydrogen-bond acceptors (Lipinski definition) is 3. The first-order valence-electron chi connectivity index (χ1n) is 7.26. The van der Waals surface area contributed by atoms with Crippen molar-refractivity contribution in [2.45, 2.75) is 20.0 Å². The van der Waals surface area contributed by atoms with E-state index >= 15 is 0 Å². The van der Waals surface area contributed by atoms with Crippen molar-refractivity contribution in [1.82, 2.24) is 5.32 Å². The van der Waals surface area contributed by atoms with Gasteiger partial charge in [0, 0.05) is 6.54 Å². The lowest BCUT2D eigenvalue weighted by molar-refractivity contribution is 0.140. The fraction of sp³-hybridized carbons (Fsp3) is 0.278. The maximum absolute atomic E-state index is 11.6. The van der Waals surface area contributed by atoms with Crippen LogP contribution in [0.15, 0.2) is 48.5 Å². The minimum atomic E-state index is -0.394. The number of alkyl carbamates (subject to hydrolysis) is 1. The molecular weight excluding hydrogens is 278 g/mol. The summed E-state index contributed by atoms with van der Waals surface area (Å²) in [6.07, 6.45) is 0.359. The van der Waals surface area contributed by atoms with Crippen LogP contribution in [0.2, 0.25) is 0 Å². The molecule has 116 valence electrons. The van der Waals surface area contributed by atoms with Gasteiger partial charge in [-0.2, -0.15) is 0 Å². The Morgan fingerprint density at radius 1 is 1.00 bits per heavy atom. The standard InChI is InChI=1S/C18H21NO3/c1-14-3-5-16(6-4-14)13-22-18(20)19-12-11-15-7-9-17(21-2)10-8-15/h3-10H,11-13H2,1-2H3,(H,19,20).